The molecule has 3 atom stereocenters. The molecule has 0 aliphatic heterocycles. The van der Waals surface area contributed by atoms with E-state index in [0.717, 1.165) is 6.42 Å². The highest BCUT2D eigenvalue weighted by Gasteiger charge is 2.59. The van der Waals surface area contributed by atoms with E-state index < -0.39 is 0 Å². The number of ketones is 2. The zero-order chi connectivity index (χ0) is 12.8. The molecule has 0 heterocycles. The predicted octanol–water partition coefficient (Wildman–Crippen LogP) is 3.39. The van der Waals surface area contributed by atoms with Gasteiger partial charge in [0.2, 0.25) is 0 Å². The van der Waals surface area contributed by atoms with Crippen molar-refractivity contribution < 1.29 is 9.59 Å². The summed E-state index contributed by atoms with van der Waals surface area (Å²) in [5.41, 5.74) is 0.366. The molecule has 0 saturated heterocycles. The standard InChI is InChI=1S/C15H24O2/c1-10(16)5-6-12-13(17)9-14(2,3)7-11-8-15(11,12)4/h11-12H,5-9H2,1-4H3/t11-,12-,15+/m0/s1. The van der Waals surface area contributed by atoms with Gasteiger partial charge in [-0.3, -0.25) is 4.79 Å². The Hall–Kier alpha value is -0.660. The first-order valence-electron chi connectivity index (χ1n) is 6.77. The van der Waals surface area contributed by atoms with E-state index >= 15 is 0 Å². The third-order valence-corrected chi connectivity index (χ3v) is 4.88. The molecular formula is C15H24O2. The number of fused-ring (bicyclic) bond motifs is 1. The second-order valence-electron chi connectivity index (χ2n) is 7.21. The molecule has 2 aliphatic rings. The molecule has 0 bridgehead atoms. The Morgan fingerprint density at radius 3 is 2.53 bits per heavy atom. The molecule has 0 unspecified atom stereocenters. The summed E-state index contributed by atoms with van der Waals surface area (Å²) in [6.07, 6.45) is 4.40. The molecule has 0 aromatic carbocycles. The number of carbonyl (C=O) groups excluding carboxylic acids is 2. The summed E-state index contributed by atoms with van der Waals surface area (Å²) in [4.78, 5) is 23.5. The molecule has 0 aromatic heterocycles. The van der Waals surface area contributed by atoms with Crippen molar-refractivity contribution in [2.45, 2.75) is 59.8 Å². The molecule has 2 saturated carbocycles. The largest absolute Gasteiger partial charge is 0.300 e. The summed E-state index contributed by atoms with van der Waals surface area (Å²) in [6.45, 7) is 8.29. The smallest absolute Gasteiger partial charge is 0.137 e. The highest BCUT2D eigenvalue weighted by molar-refractivity contribution is 5.84. The molecule has 96 valence electrons. The van der Waals surface area contributed by atoms with Crippen LogP contribution < -0.4 is 0 Å². The Balaban J connectivity index is 2.13. The fourth-order valence-corrected chi connectivity index (χ4v) is 3.74. The molecule has 2 rings (SSSR count). The van der Waals surface area contributed by atoms with E-state index in [-0.39, 0.29) is 22.5 Å². The summed E-state index contributed by atoms with van der Waals surface area (Å²) in [6, 6.07) is 0. The van der Waals surface area contributed by atoms with Gasteiger partial charge in [-0.05, 0) is 42.9 Å². The van der Waals surface area contributed by atoms with E-state index in [0.29, 0.717) is 24.5 Å². The fraction of sp³-hybridized carbons (Fsp3) is 0.867. The maximum absolute atomic E-state index is 12.4. The number of rotatable bonds is 3. The van der Waals surface area contributed by atoms with Crippen LogP contribution in [0.2, 0.25) is 0 Å². The third-order valence-electron chi connectivity index (χ3n) is 4.88. The molecular weight excluding hydrogens is 212 g/mol. The van der Waals surface area contributed by atoms with E-state index in [1.807, 2.05) is 0 Å². The monoisotopic (exact) mass is 236 g/mol. The SMILES string of the molecule is CC(=O)CC[C@H]1C(=O)CC(C)(C)C[C@H]2C[C@]21C. The Labute approximate surface area is 104 Å². The summed E-state index contributed by atoms with van der Waals surface area (Å²) in [7, 11) is 0. The van der Waals surface area contributed by atoms with Crippen molar-refractivity contribution >= 4 is 11.6 Å². The zero-order valence-electron chi connectivity index (χ0n) is 11.5. The molecule has 2 aliphatic carbocycles. The van der Waals surface area contributed by atoms with Crippen LogP contribution in [0.25, 0.3) is 0 Å². The summed E-state index contributed by atoms with van der Waals surface area (Å²) in [5.74, 6) is 1.46. The lowest BCUT2D eigenvalue weighted by Gasteiger charge is -2.24. The third kappa shape index (κ3) is 2.46. The van der Waals surface area contributed by atoms with Gasteiger partial charge in [0.05, 0.1) is 0 Å². The van der Waals surface area contributed by atoms with Crippen LogP contribution >= 0.6 is 0 Å². The second-order valence-corrected chi connectivity index (χ2v) is 7.21. The van der Waals surface area contributed by atoms with Crippen LogP contribution in [0, 0.1) is 22.7 Å². The maximum Gasteiger partial charge on any atom is 0.137 e. The van der Waals surface area contributed by atoms with Crippen molar-refractivity contribution in [2.24, 2.45) is 22.7 Å². The quantitative estimate of drug-likeness (QED) is 0.752. The molecule has 2 nitrogen and oxygen atoms in total. The Morgan fingerprint density at radius 1 is 1.29 bits per heavy atom. The van der Waals surface area contributed by atoms with Gasteiger partial charge >= 0.3 is 0 Å². The van der Waals surface area contributed by atoms with Gasteiger partial charge in [0.1, 0.15) is 11.6 Å². The lowest BCUT2D eigenvalue weighted by atomic mass is 9.79. The van der Waals surface area contributed by atoms with Crippen molar-refractivity contribution in [3.8, 4) is 0 Å². The fourth-order valence-electron chi connectivity index (χ4n) is 3.74. The molecule has 0 amide bonds. The molecule has 0 N–H and O–H groups in total. The maximum atomic E-state index is 12.4. The molecule has 17 heavy (non-hydrogen) atoms. The van der Waals surface area contributed by atoms with Crippen LogP contribution in [0.5, 0.6) is 0 Å². The van der Waals surface area contributed by atoms with Gasteiger partial charge in [-0.2, -0.15) is 0 Å². The van der Waals surface area contributed by atoms with E-state index in [4.69, 9.17) is 0 Å². The zero-order valence-corrected chi connectivity index (χ0v) is 11.5. The van der Waals surface area contributed by atoms with Crippen molar-refractivity contribution in [1.82, 2.24) is 0 Å². The Morgan fingerprint density at radius 2 is 1.94 bits per heavy atom. The predicted molar refractivity (Wildman–Crippen MR) is 67.6 cm³/mol. The van der Waals surface area contributed by atoms with Gasteiger partial charge in [-0.25, -0.2) is 0 Å². The van der Waals surface area contributed by atoms with Crippen LogP contribution in [0.3, 0.4) is 0 Å². The van der Waals surface area contributed by atoms with Gasteiger partial charge in [-0.15, -0.1) is 0 Å². The van der Waals surface area contributed by atoms with Gasteiger partial charge in [0.25, 0.3) is 0 Å². The molecule has 0 aromatic rings. The van der Waals surface area contributed by atoms with E-state index in [1.165, 1.54) is 12.8 Å². The Kier molecular flexibility index (Phi) is 2.95. The number of hydrogen-bond donors (Lipinski definition) is 0. The molecule has 2 fully saturated rings. The Bertz CT molecular complexity index is 356. The average Bonchev–Trinajstić information content (AvgIpc) is 2.73. The highest BCUT2D eigenvalue weighted by Crippen LogP contribution is 2.65. The van der Waals surface area contributed by atoms with E-state index in [9.17, 15) is 9.59 Å². The van der Waals surface area contributed by atoms with Crippen LogP contribution in [-0.4, -0.2) is 11.6 Å². The highest BCUT2D eigenvalue weighted by atomic mass is 16.1. The van der Waals surface area contributed by atoms with Gasteiger partial charge in [0, 0.05) is 18.8 Å². The lowest BCUT2D eigenvalue weighted by molar-refractivity contribution is -0.126. The second kappa shape index (κ2) is 3.93. The number of carbonyl (C=O) groups is 2. The first-order chi connectivity index (χ1) is 7.74. The lowest BCUT2D eigenvalue weighted by Crippen LogP contribution is -2.25. The average molecular weight is 236 g/mol. The molecule has 0 radical (unpaired) electrons. The first-order valence-corrected chi connectivity index (χ1v) is 6.77. The minimum atomic E-state index is 0.137. The van der Waals surface area contributed by atoms with Crippen LogP contribution in [0.15, 0.2) is 0 Å². The van der Waals surface area contributed by atoms with Gasteiger partial charge < -0.3 is 4.79 Å². The van der Waals surface area contributed by atoms with Gasteiger partial charge in [0.15, 0.2) is 0 Å². The van der Waals surface area contributed by atoms with Crippen LogP contribution in [0.1, 0.15) is 59.8 Å². The number of hydrogen-bond acceptors (Lipinski definition) is 2. The van der Waals surface area contributed by atoms with Gasteiger partial charge in [-0.1, -0.05) is 20.8 Å². The normalized spacial score (nSPS) is 39.4. The van der Waals surface area contributed by atoms with Crippen molar-refractivity contribution in [3.05, 3.63) is 0 Å². The molecule has 0 spiro atoms. The van der Waals surface area contributed by atoms with E-state index in [1.54, 1.807) is 6.92 Å². The van der Waals surface area contributed by atoms with Crippen LogP contribution in [-0.2, 0) is 9.59 Å². The first kappa shape index (κ1) is 12.8. The van der Waals surface area contributed by atoms with Crippen molar-refractivity contribution in [2.75, 3.05) is 0 Å². The summed E-state index contributed by atoms with van der Waals surface area (Å²) >= 11 is 0. The topological polar surface area (TPSA) is 34.1 Å². The van der Waals surface area contributed by atoms with Crippen molar-refractivity contribution in [1.29, 1.82) is 0 Å². The minimum Gasteiger partial charge on any atom is -0.300 e. The van der Waals surface area contributed by atoms with E-state index in [2.05, 4.69) is 20.8 Å². The number of Topliss-reactive ketones (excluding diaryl/α,β-unsaturated/α-hetero) is 2. The summed E-state index contributed by atoms with van der Waals surface area (Å²) in [5, 5.41) is 0. The van der Waals surface area contributed by atoms with Crippen LogP contribution in [0.4, 0.5) is 0 Å². The summed E-state index contributed by atoms with van der Waals surface area (Å²) < 4.78 is 0. The van der Waals surface area contributed by atoms with Crippen molar-refractivity contribution in [3.63, 3.8) is 0 Å². The molecule has 2 heteroatoms. The minimum absolute atomic E-state index is 0.137.